The molecule has 5 nitrogen and oxygen atoms in total. The third-order valence-electron chi connectivity index (χ3n) is 2.54. The zero-order valence-corrected chi connectivity index (χ0v) is 12.5. The van der Waals surface area contributed by atoms with E-state index in [1.54, 1.807) is 23.9 Å². The molecule has 19 heavy (non-hydrogen) atoms. The molecule has 0 aliphatic carbocycles. The van der Waals surface area contributed by atoms with E-state index in [-0.39, 0.29) is 10.6 Å². The number of nitro benzene ring substituents is 1. The molecule has 0 amide bonds. The van der Waals surface area contributed by atoms with Gasteiger partial charge in [-0.1, -0.05) is 11.8 Å². The van der Waals surface area contributed by atoms with Crippen LogP contribution in [0.5, 0.6) is 0 Å². The van der Waals surface area contributed by atoms with E-state index in [2.05, 4.69) is 24.0 Å². The second-order valence-corrected chi connectivity index (χ2v) is 6.77. The Morgan fingerprint density at radius 2 is 2.26 bits per heavy atom. The van der Waals surface area contributed by atoms with Gasteiger partial charge >= 0.3 is 0 Å². The molecule has 1 heterocycles. The summed E-state index contributed by atoms with van der Waals surface area (Å²) in [7, 11) is 4.11. The van der Waals surface area contributed by atoms with E-state index in [1.165, 1.54) is 17.4 Å². The molecule has 0 fully saturated rings. The van der Waals surface area contributed by atoms with Gasteiger partial charge in [-0.25, -0.2) is 4.98 Å². The number of nitro groups is 1. The van der Waals surface area contributed by atoms with E-state index < -0.39 is 0 Å². The third kappa shape index (κ3) is 3.89. The van der Waals surface area contributed by atoms with Crippen LogP contribution in [0, 0.1) is 10.1 Å². The van der Waals surface area contributed by atoms with Crippen molar-refractivity contribution in [3.8, 4) is 0 Å². The Morgan fingerprint density at radius 3 is 2.95 bits per heavy atom. The lowest BCUT2D eigenvalue weighted by Gasteiger charge is -2.07. The average molecular weight is 297 g/mol. The molecule has 102 valence electrons. The summed E-state index contributed by atoms with van der Waals surface area (Å²) in [4.78, 5) is 17.0. The molecule has 2 aromatic rings. The molecule has 0 spiro atoms. The molecule has 0 aliphatic heterocycles. The van der Waals surface area contributed by atoms with Gasteiger partial charge in [0.1, 0.15) is 0 Å². The number of hydrogen-bond donors (Lipinski definition) is 0. The minimum absolute atomic E-state index is 0.125. The minimum Gasteiger partial charge on any atom is -0.309 e. The number of fused-ring (bicyclic) bond motifs is 1. The SMILES string of the molecule is CN(C)CCCSc1nc2ccc([N+](=O)[O-])cc2s1. The summed E-state index contributed by atoms with van der Waals surface area (Å²) >= 11 is 3.23. The topological polar surface area (TPSA) is 59.3 Å². The summed E-state index contributed by atoms with van der Waals surface area (Å²) < 4.78 is 1.86. The third-order valence-corrected chi connectivity index (χ3v) is 4.79. The van der Waals surface area contributed by atoms with Crippen LogP contribution in [-0.2, 0) is 0 Å². The maximum atomic E-state index is 10.7. The number of nitrogens with zero attached hydrogens (tertiary/aromatic N) is 3. The van der Waals surface area contributed by atoms with Crippen molar-refractivity contribution in [1.29, 1.82) is 0 Å². The van der Waals surface area contributed by atoms with Crippen LogP contribution in [0.15, 0.2) is 22.5 Å². The van der Waals surface area contributed by atoms with Gasteiger partial charge in [-0.15, -0.1) is 11.3 Å². The zero-order chi connectivity index (χ0) is 13.8. The van der Waals surface area contributed by atoms with Gasteiger partial charge in [0.25, 0.3) is 5.69 Å². The van der Waals surface area contributed by atoms with Crippen LogP contribution < -0.4 is 0 Å². The summed E-state index contributed by atoms with van der Waals surface area (Å²) in [5.41, 5.74) is 0.964. The first-order valence-electron chi connectivity index (χ1n) is 5.89. The van der Waals surface area contributed by atoms with E-state index in [0.717, 1.165) is 33.3 Å². The molecule has 0 atom stereocenters. The number of non-ortho nitro benzene ring substituents is 1. The largest absolute Gasteiger partial charge is 0.309 e. The fourth-order valence-corrected chi connectivity index (χ4v) is 3.70. The Kier molecular flexibility index (Phi) is 4.73. The van der Waals surface area contributed by atoms with E-state index in [0.29, 0.717) is 0 Å². The molecule has 7 heteroatoms. The summed E-state index contributed by atoms with van der Waals surface area (Å²) in [6, 6.07) is 4.81. The van der Waals surface area contributed by atoms with Crippen LogP contribution >= 0.6 is 23.1 Å². The predicted molar refractivity (Wildman–Crippen MR) is 80.2 cm³/mol. The summed E-state index contributed by atoms with van der Waals surface area (Å²) in [5.74, 6) is 1.01. The van der Waals surface area contributed by atoms with Crippen molar-refractivity contribution in [2.75, 3.05) is 26.4 Å². The number of rotatable bonds is 6. The van der Waals surface area contributed by atoms with Crippen LogP contribution in [0.3, 0.4) is 0 Å². The predicted octanol–water partition coefficient (Wildman–Crippen LogP) is 3.25. The lowest BCUT2D eigenvalue weighted by molar-refractivity contribution is -0.384. The minimum atomic E-state index is -0.372. The number of benzene rings is 1. The lowest BCUT2D eigenvalue weighted by atomic mass is 10.3. The van der Waals surface area contributed by atoms with Gasteiger partial charge in [-0.05, 0) is 33.1 Å². The van der Waals surface area contributed by atoms with Gasteiger partial charge in [0, 0.05) is 17.9 Å². The second-order valence-electron chi connectivity index (χ2n) is 4.39. The molecular weight excluding hydrogens is 282 g/mol. The highest BCUT2D eigenvalue weighted by Gasteiger charge is 2.10. The number of thiazole rings is 1. The highest BCUT2D eigenvalue weighted by atomic mass is 32.2. The van der Waals surface area contributed by atoms with Gasteiger partial charge in [0.05, 0.1) is 15.1 Å². The smallest absolute Gasteiger partial charge is 0.270 e. The average Bonchev–Trinajstić information content (AvgIpc) is 2.75. The highest BCUT2D eigenvalue weighted by Crippen LogP contribution is 2.31. The fraction of sp³-hybridized carbons (Fsp3) is 0.417. The van der Waals surface area contributed by atoms with E-state index in [1.807, 2.05) is 0 Å². The maximum absolute atomic E-state index is 10.7. The Bertz CT molecular complexity index is 583. The number of aromatic nitrogens is 1. The molecule has 2 rings (SSSR count). The molecule has 0 radical (unpaired) electrons. The Hall–Kier alpha value is -1.18. The number of hydrogen-bond acceptors (Lipinski definition) is 6. The van der Waals surface area contributed by atoms with Crippen LogP contribution in [-0.4, -0.2) is 41.2 Å². The maximum Gasteiger partial charge on any atom is 0.270 e. The van der Waals surface area contributed by atoms with Crippen LogP contribution in [0.25, 0.3) is 10.2 Å². The Morgan fingerprint density at radius 1 is 1.47 bits per heavy atom. The van der Waals surface area contributed by atoms with Crippen molar-refractivity contribution in [3.63, 3.8) is 0 Å². The molecule has 1 aromatic carbocycles. The molecule has 0 N–H and O–H groups in total. The van der Waals surface area contributed by atoms with Crippen LogP contribution in [0.4, 0.5) is 5.69 Å². The molecule has 0 unspecified atom stereocenters. The Balaban J connectivity index is 2.03. The van der Waals surface area contributed by atoms with Crippen molar-refractivity contribution >= 4 is 39.0 Å². The summed E-state index contributed by atoms with van der Waals surface area (Å²) in [6.07, 6.45) is 1.10. The van der Waals surface area contributed by atoms with E-state index in [9.17, 15) is 10.1 Å². The zero-order valence-electron chi connectivity index (χ0n) is 10.8. The van der Waals surface area contributed by atoms with Crippen molar-refractivity contribution in [1.82, 2.24) is 9.88 Å². The van der Waals surface area contributed by atoms with Crippen molar-refractivity contribution in [3.05, 3.63) is 28.3 Å². The Labute approximate surface area is 119 Å². The second kappa shape index (κ2) is 6.31. The lowest BCUT2D eigenvalue weighted by Crippen LogP contribution is -2.13. The fourth-order valence-electron chi connectivity index (χ4n) is 1.61. The molecular formula is C12H15N3O2S2. The number of thioether (sulfide) groups is 1. The van der Waals surface area contributed by atoms with Gasteiger partial charge in [0.15, 0.2) is 4.34 Å². The molecule has 0 saturated carbocycles. The molecule has 0 bridgehead atoms. The van der Waals surface area contributed by atoms with Gasteiger partial charge in [-0.2, -0.15) is 0 Å². The van der Waals surface area contributed by atoms with E-state index >= 15 is 0 Å². The van der Waals surface area contributed by atoms with Crippen LogP contribution in [0.1, 0.15) is 6.42 Å². The molecule has 1 aromatic heterocycles. The normalized spacial score (nSPS) is 11.3. The highest BCUT2D eigenvalue weighted by molar-refractivity contribution is 8.01. The van der Waals surface area contributed by atoms with Gasteiger partial charge in [0.2, 0.25) is 0 Å². The van der Waals surface area contributed by atoms with Crippen molar-refractivity contribution in [2.45, 2.75) is 10.8 Å². The van der Waals surface area contributed by atoms with E-state index in [4.69, 9.17) is 0 Å². The quantitative estimate of drug-likeness (QED) is 0.354. The van der Waals surface area contributed by atoms with Crippen LogP contribution in [0.2, 0.25) is 0 Å². The first-order chi connectivity index (χ1) is 9.06. The van der Waals surface area contributed by atoms with Crippen molar-refractivity contribution < 1.29 is 4.92 Å². The van der Waals surface area contributed by atoms with Gasteiger partial charge < -0.3 is 4.90 Å². The van der Waals surface area contributed by atoms with Crippen molar-refractivity contribution in [2.24, 2.45) is 0 Å². The molecule has 0 saturated heterocycles. The summed E-state index contributed by atoms with van der Waals surface area (Å²) in [5, 5.41) is 10.7. The standard InChI is InChI=1S/C12H15N3O2S2/c1-14(2)6-3-7-18-12-13-10-5-4-9(15(16)17)8-11(10)19-12/h4-5,8H,3,6-7H2,1-2H3. The monoisotopic (exact) mass is 297 g/mol. The van der Waals surface area contributed by atoms with Gasteiger partial charge in [-0.3, -0.25) is 10.1 Å². The summed E-state index contributed by atoms with van der Waals surface area (Å²) in [6.45, 7) is 1.06. The first kappa shape index (κ1) is 14.2. The molecule has 0 aliphatic rings. The first-order valence-corrected chi connectivity index (χ1v) is 7.69.